The fourth-order valence-electron chi connectivity index (χ4n) is 1.79. The van der Waals surface area contributed by atoms with Crippen LogP contribution in [0.15, 0.2) is 18.3 Å². The molecule has 2 heterocycles. The number of hydrogen-bond donors (Lipinski definition) is 2. The third kappa shape index (κ3) is 1.91. The van der Waals surface area contributed by atoms with Gasteiger partial charge in [0.05, 0.1) is 12.2 Å². The highest BCUT2D eigenvalue weighted by Gasteiger charge is 2.33. The first kappa shape index (κ1) is 11.0. The molecule has 0 saturated carbocycles. The highest BCUT2D eigenvalue weighted by molar-refractivity contribution is 5.93. The van der Waals surface area contributed by atoms with E-state index in [1.807, 2.05) is 13.0 Å². The number of hydrogen-bond acceptors (Lipinski definition) is 4. The summed E-state index contributed by atoms with van der Waals surface area (Å²) in [5.41, 5.74) is 1.17. The van der Waals surface area contributed by atoms with Gasteiger partial charge in [0.25, 0.3) is 5.91 Å². The zero-order valence-corrected chi connectivity index (χ0v) is 9.00. The van der Waals surface area contributed by atoms with Gasteiger partial charge < -0.3 is 15.1 Å². The lowest BCUT2D eigenvalue weighted by atomic mass is 10.2. The van der Waals surface area contributed by atoms with Crippen molar-refractivity contribution in [3.05, 3.63) is 29.6 Å². The Morgan fingerprint density at radius 2 is 2.06 bits per heavy atom. The number of rotatable bonds is 1. The minimum atomic E-state index is -0.854. The van der Waals surface area contributed by atoms with E-state index in [1.54, 1.807) is 12.3 Å². The second-order valence-electron chi connectivity index (χ2n) is 4.01. The molecule has 1 fully saturated rings. The SMILES string of the molecule is Cc1cccnc1C(=O)N1CC(O)C(O)C1. The molecule has 1 aliphatic heterocycles. The summed E-state index contributed by atoms with van der Waals surface area (Å²) in [6, 6.07) is 3.57. The Morgan fingerprint density at radius 1 is 1.44 bits per heavy atom. The van der Waals surface area contributed by atoms with Crippen molar-refractivity contribution in [2.24, 2.45) is 0 Å². The summed E-state index contributed by atoms with van der Waals surface area (Å²) < 4.78 is 0. The lowest BCUT2D eigenvalue weighted by Crippen LogP contribution is -2.31. The molecule has 5 heteroatoms. The van der Waals surface area contributed by atoms with E-state index in [-0.39, 0.29) is 19.0 Å². The number of β-amino-alcohol motifs (C(OH)–C–C–N with tert-alkyl or cyclic N) is 2. The number of carbonyl (C=O) groups excluding carboxylic acids is 1. The molecule has 0 aromatic carbocycles. The van der Waals surface area contributed by atoms with Gasteiger partial charge in [0, 0.05) is 19.3 Å². The van der Waals surface area contributed by atoms with Gasteiger partial charge in [-0.3, -0.25) is 9.78 Å². The van der Waals surface area contributed by atoms with Gasteiger partial charge in [0.1, 0.15) is 5.69 Å². The molecule has 0 spiro atoms. The number of amides is 1. The van der Waals surface area contributed by atoms with E-state index in [9.17, 15) is 15.0 Å². The second-order valence-corrected chi connectivity index (χ2v) is 4.01. The molecule has 1 aromatic heterocycles. The Hall–Kier alpha value is -1.46. The minimum Gasteiger partial charge on any atom is -0.388 e. The molecule has 1 aliphatic rings. The summed E-state index contributed by atoms with van der Waals surface area (Å²) >= 11 is 0. The number of aliphatic hydroxyl groups is 2. The van der Waals surface area contributed by atoms with Gasteiger partial charge in [0.2, 0.25) is 0 Å². The number of aromatic nitrogens is 1. The van der Waals surface area contributed by atoms with E-state index >= 15 is 0 Å². The monoisotopic (exact) mass is 222 g/mol. The Balaban J connectivity index is 2.18. The van der Waals surface area contributed by atoms with Crippen LogP contribution in [0.4, 0.5) is 0 Å². The lowest BCUT2D eigenvalue weighted by Gasteiger charge is -2.15. The van der Waals surface area contributed by atoms with Crippen LogP contribution in [0.3, 0.4) is 0 Å². The van der Waals surface area contributed by atoms with Crippen LogP contribution < -0.4 is 0 Å². The van der Waals surface area contributed by atoms with E-state index < -0.39 is 12.2 Å². The zero-order valence-electron chi connectivity index (χ0n) is 9.00. The molecule has 86 valence electrons. The smallest absolute Gasteiger partial charge is 0.272 e. The summed E-state index contributed by atoms with van der Waals surface area (Å²) in [6.45, 7) is 2.13. The quantitative estimate of drug-likeness (QED) is 0.676. The minimum absolute atomic E-state index is 0.163. The average molecular weight is 222 g/mol. The van der Waals surface area contributed by atoms with Gasteiger partial charge in [-0.25, -0.2) is 0 Å². The number of aliphatic hydroxyl groups excluding tert-OH is 2. The van der Waals surface area contributed by atoms with E-state index in [1.165, 1.54) is 4.90 Å². The van der Waals surface area contributed by atoms with Crippen LogP contribution in [-0.2, 0) is 0 Å². The summed E-state index contributed by atoms with van der Waals surface area (Å²) in [6.07, 6.45) is -0.149. The molecular weight excluding hydrogens is 208 g/mol. The molecule has 1 aromatic rings. The number of pyridine rings is 1. The molecule has 0 radical (unpaired) electrons. The van der Waals surface area contributed by atoms with Gasteiger partial charge in [-0.05, 0) is 18.6 Å². The first-order valence-corrected chi connectivity index (χ1v) is 5.16. The molecule has 0 bridgehead atoms. The maximum Gasteiger partial charge on any atom is 0.272 e. The van der Waals surface area contributed by atoms with Gasteiger partial charge in [-0.2, -0.15) is 0 Å². The predicted octanol–water partition coefficient (Wildman–Crippen LogP) is -0.432. The maximum absolute atomic E-state index is 12.0. The molecule has 16 heavy (non-hydrogen) atoms. The van der Waals surface area contributed by atoms with E-state index in [2.05, 4.69) is 4.98 Å². The molecule has 2 rings (SSSR count). The topological polar surface area (TPSA) is 73.7 Å². The Morgan fingerprint density at radius 3 is 2.62 bits per heavy atom. The van der Waals surface area contributed by atoms with Gasteiger partial charge >= 0.3 is 0 Å². The molecule has 2 N–H and O–H groups in total. The Kier molecular flexibility index (Phi) is 2.89. The van der Waals surface area contributed by atoms with Gasteiger partial charge in [-0.1, -0.05) is 6.07 Å². The summed E-state index contributed by atoms with van der Waals surface area (Å²) in [7, 11) is 0. The van der Waals surface area contributed by atoms with Crippen LogP contribution in [0.1, 0.15) is 16.1 Å². The number of carbonyl (C=O) groups is 1. The third-order valence-electron chi connectivity index (χ3n) is 2.76. The number of nitrogens with zero attached hydrogens (tertiary/aromatic N) is 2. The average Bonchev–Trinajstić information content (AvgIpc) is 2.59. The second kappa shape index (κ2) is 4.19. The summed E-state index contributed by atoms with van der Waals surface area (Å²) in [5.74, 6) is -0.242. The third-order valence-corrected chi connectivity index (χ3v) is 2.76. The molecule has 1 amide bonds. The van der Waals surface area contributed by atoms with Crippen LogP contribution in [0.25, 0.3) is 0 Å². The van der Waals surface area contributed by atoms with E-state index in [0.29, 0.717) is 5.69 Å². The van der Waals surface area contributed by atoms with Crippen LogP contribution in [0, 0.1) is 6.92 Å². The van der Waals surface area contributed by atoms with Crippen molar-refractivity contribution in [1.29, 1.82) is 0 Å². The van der Waals surface area contributed by atoms with Crippen molar-refractivity contribution < 1.29 is 15.0 Å². The van der Waals surface area contributed by atoms with E-state index in [0.717, 1.165) is 5.56 Å². The van der Waals surface area contributed by atoms with Crippen LogP contribution in [0.2, 0.25) is 0 Å². The van der Waals surface area contributed by atoms with Crippen molar-refractivity contribution in [1.82, 2.24) is 9.88 Å². The van der Waals surface area contributed by atoms with Gasteiger partial charge in [0.15, 0.2) is 0 Å². The Labute approximate surface area is 93.3 Å². The van der Waals surface area contributed by atoms with Crippen molar-refractivity contribution in [2.75, 3.05) is 13.1 Å². The fraction of sp³-hybridized carbons (Fsp3) is 0.455. The van der Waals surface area contributed by atoms with Gasteiger partial charge in [-0.15, -0.1) is 0 Å². The molecular formula is C11H14N2O3. The first-order valence-electron chi connectivity index (χ1n) is 5.16. The highest BCUT2D eigenvalue weighted by atomic mass is 16.3. The summed E-state index contributed by atoms with van der Waals surface area (Å²) in [5, 5.41) is 18.7. The van der Waals surface area contributed by atoms with Crippen molar-refractivity contribution >= 4 is 5.91 Å². The zero-order chi connectivity index (χ0) is 11.7. The van der Waals surface area contributed by atoms with Crippen molar-refractivity contribution in [3.63, 3.8) is 0 Å². The van der Waals surface area contributed by atoms with Crippen molar-refractivity contribution in [3.8, 4) is 0 Å². The highest BCUT2D eigenvalue weighted by Crippen LogP contribution is 2.14. The molecule has 1 saturated heterocycles. The molecule has 0 aliphatic carbocycles. The fourth-order valence-corrected chi connectivity index (χ4v) is 1.79. The lowest BCUT2D eigenvalue weighted by molar-refractivity contribution is 0.0572. The summed E-state index contributed by atoms with van der Waals surface area (Å²) in [4.78, 5) is 17.4. The molecule has 2 atom stereocenters. The first-order chi connectivity index (χ1) is 7.59. The Bertz CT molecular complexity index is 398. The standard InChI is InChI=1S/C11H14N2O3/c1-7-3-2-4-12-10(7)11(16)13-5-8(14)9(15)6-13/h2-4,8-9,14-15H,5-6H2,1H3. The normalized spacial score (nSPS) is 24.8. The van der Waals surface area contributed by atoms with Crippen molar-refractivity contribution in [2.45, 2.75) is 19.1 Å². The predicted molar refractivity (Wildman–Crippen MR) is 56.9 cm³/mol. The van der Waals surface area contributed by atoms with Crippen LogP contribution in [-0.4, -0.2) is 51.3 Å². The number of aryl methyl sites for hydroxylation is 1. The van der Waals surface area contributed by atoms with E-state index in [4.69, 9.17) is 0 Å². The number of likely N-dealkylation sites (tertiary alicyclic amines) is 1. The van der Waals surface area contributed by atoms with Crippen LogP contribution in [0.5, 0.6) is 0 Å². The molecule has 2 unspecified atom stereocenters. The largest absolute Gasteiger partial charge is 0.388 e. The maximum atomic E-state index is 12.0. The van der Waals surface area contributed by atoms with Crippen LogP contribution >= 0.6 is 0 Å². The molecule has 5 nitrogen and oxygen atoms in total.